The Hall–Kier alpha value is -1.57. The van der Waals surface area contributed by atoms with Crippen LogP contribution in [-0.4, -0.2) is 12.6 Å². The van der Waals surface area contributed by atoms with Crippen LogP contribution in [0, 0.1) is 5.41 Å². The molecule has 1 rings (SSSR count). The van der Waals surface area contributed by atoms with E-state index in [1.807, 2.05) is 13.0 Å². The lowest BCUT2D eigenvalue weighted by molar-refractivity contribution is -0.137. The van der Waals surface area contributed by atoms with Crippen LogP contribution in [0.5, 0.6) is 0 Å². The number of esters is 1. The largest absolute Gasteiger partial charge is 0.463 e. The van der Waals surface area contributed by atoms with Crippen LogP contribution in [0.15, 0.2) is 47.1 Å². The molecule has 2 heteroatoms. The van der Waals surface area contributed by atoms with E-state index in [1.54, 1.807) is 13.0 Å². The van der Waals surface area contributed by atoms with Crippen molar-refractivity contribution in [3.8, 4) is 0 Å². The second-order valence-corrected chi connectivity index (χ2v) is 6.29. The molecule has 1 aliphatic rings. The monoisotopic (exact) mass is 288 g/mol. The van der Waals surface area contributed by atoms with Crippen molar-refractivity contribution >= 4 is 5.97 Å². The first-order valence-electron chi connectivity index (χ1n) is 7.77. The minimum atomic E-state index is -0.294. The summed E-state index contributed by atoms with van der Waals surface area (Å²) in [6.07, 6.45) is 13.2. The van der Waals surface area contributed by atoms with Crippen LogP contribution < -0.4 is 0 Å². The van der Waals surface area contributed by atoms with Crippen molar-refractivity contribution in [2.75, 3.05) is 6.61 Å². The smallest absolute Gasteiger partial charge is 0.330 e. The molecule has 0 fully saturated rings. The minimum Gasteiger partial charge on any atom is -0.463 e. The second kappa shape index (κ2) is 8.02. The summed E-state index contributed by atoms with van der Waals surface area (Å²) in [6, 6.07) is 0. The molecule has 0 aromatic carbocycles. The fraction of sp³-hybridized carbons (Fsp3) is 0.526. The van der Waals surface area contributed by atoms with Crippen molar-refractivity contribution in [3.05, 3.63) is 47.1 Å². The molecule has 0 saturated carbocycles. The maximum Gasteiger partial charge on any atom is 0.330 e. The molecule has 0 spiro atoms. The molecule has 0 atom stereocenters. The molecule has 116 valence electrons. The van der Waals surface area contributed by atoms with Gasteiger partial charge in [0.05, 0.1) is 6.61 Å². The number of hydrogen-bond donors (Lipinski definition) is 0. The Kier molecular flexibility index (Phi) is 6.67. The zero-order valence-corrected chi connectivity index (χ0v) is 14.0. The fourth-order valence-electron chi connectivity index (χ4n) is 2.75. The van der Waals surface area contributed by atoms with Crippen molar-refractivity contribution in [2.24, 2.45) is 5.41 Å². The highest BCUT2D eigenvalue weighted by Gasteiger charge is 2.26. The molecular formula is C19H28O2. The summed E-state index contributed by atoms with van der Waals surface area (Å²) in [7, 11) is 0. The van der Waals surface area contributed by atoms with E-state index in [0.717, 1.165) is 5.57 Å². The normalized spacial score (nSPS) is 19.6. The van der Waals surface area contributed by atoms with Crippen LogP contribution in [-0.2, 0) is 9.53 Å². The van der Waals surface area contributed by atoms with Crippen molar-refractivity contribution < 1.29 is 9.53 Å². The quantitative estimate of drug-likeness (QED) is 0.398. The molecule has 0 aliphatic heterocycles. The zero-order chi connectivity index (χ0) is 15.9. The van der Waals surface area contributed by atoms with E-state index in [1.165, 1.54) is 36.5 Å². The summed E-state index contributed by atoms with van der Waals surface area (Å²) in [4.78, 5) is 11.2. The molecule has 2 nitrogen and oxygen atoms in total. The Bertz CT molecular complexity index is 488. The first-order valence-corrected chi connectivity index (χ1v) is 7.77. The van der Waals surface area contributed by atoms with Gasteiger partial charge in [-0.2, -0.15) is 0 Å². The van der Waals surface area contributed by atoms with Gasteiger partial charge in [-0.15, -0.1) is 0 Å². The van der Waals surface area contributed by atoms with Crippen LogP contribution in [0.25, 0.3) is 0 Å². The Morgan fingerprint density at radius 3 is 2.67 bits per heavy atom. The lowest BCUT2D eigenvalue weighted by Crippen LogP contribution is -2.19. The van der Waals surface area contributed by atoms with Gasteiger partial charge in [0, 0.05) is 6.08 Å². The molecule has 0 N–H and O–H groups in total. The van der Waals surface area contributed by atoms with E-state index in [2.05, 4.69) is 32.9 Å². The third-order valence-corrected chi connectivity index (χ3v) is 3.93. The van der Waals surface area contributed by atoms with Gasteiger partial charge in [0.25, 0.3) is 0 Å². The average molecular weight is 288 g/mol. The predicted molar refractivity (Wildman–Crippen MR) is 89.0 cm³/mol. The first-order chi connectivity index (χ1) is 9.86. The number of carbonyl (C=O) groups excluding carboxylic acids is 1. The van der Waals surface area contributed by atoms with Crippen LogP contribution >= 0.6 is 0 Å². The highest BCUT2D eigenvalue weighted by Crippen LogP contribution is 2.40. The van der Waals surface area contributed by atoms with Crippen LogP contribution in [0.2, 0.25) is 0 Å². The summed E-state index contributed by atoms with van der Waals surface area (Å²) >= 11 is 0. The van der Waals surface area contributed by atoms with Gasteiger partial charge >= 0.3 is 5.97 Å². The lowest BCUT2D eigenvalue weighted by Gasteiger charge is -2.32. The van der Waals surface area contributed by atoms with Gasteiger partial charge in [0.2, 0.25) is 0 Å². The van der Waals surface area contributed by atoms with Crippen molar-refractivity contribution in [3.63, 3.8) is 0 Å². The maximum atomic E-state index is 11.2. The summed E-state index contributed by atoms with van der Waals surface area (Å²) in [6.45, 7) is 11.1. The SMILES string of the molecule is CCOC(=O)/C=C/C=C(C)\C=C\C1=C(C)CCCC1(C)C. The third kappa shape index (κ3) is 5.74. The van der Waals surface area contributed by atoms with Crippen LogP contribution in [0.1, 0.15) is 53.9 Å². The van der Waals surface area contributed by atoms with Crippen LogP contribution in [0.4, 0.5) is 0 Å². The van der Waals surface area contributed by atoms with E-state index in [9.17, 15) is 4.79 Å². The summed E-state index contributed by atoms with van der Waals surface area (Å²) in [5, 5.41) is 0. The van der Waals surface area contributed by atoms with Gasteiger partial charge in [-0.3, -0.25) is 0 Å². The summed E-state index contributed by atoms with van der Waals surface area (Å²) in [5.41, 5.74) is 4.34. The predicted octanol–water partition coefficient (Wildman–Crippen LogP) is 5.13. The molecule has 1 aliphatic carbocycles. The Labute approximate surface area is 129 Å². The average Bonchev–Trinajstić information content (AvgIpc) is 2.37. The van der Waals surface area contributed by atoms with Gasteiger partial charge in [-0.25, -0.2) is 4.79 Å². The first kappa shape index (κ1) is 17.5. The molecule has 0 saturated heterocycles. The summed E-state index contributed by atoms with van der Waals surface area (Å²) < 4.78 is 4.84. The molecule has 0 unspecified atom stereocenters. The molecule has 0 radical (unpaired) electrons. The Morgan fingerprint density at radius 1 is 1.33 bits per heavy atom. The molecule has 0 amide bonds. The van der Waals surface area contributed by atoms with Crippen molar-refractivity contribution in [2.45, 2.75) is 53.9 Å². The number of carbonyl (C=O) groups is 1. The molecular weight excluding hydrogens is 260 g/mol. The van der Waals surface area contributed by atoms with Gasteiger partial charge in [0.15, 0.2) is 0 Å². The minimum absolute atomic E-state index is 0.264. The van der Waals surface area contributed by atoms with E-state index in [-0.39, 0.29) is 11.4 Å². The molecule has 0 aromatic heterocycles. The highest BCUT2D eigenvalue weighted by atomic mass is 16.5. The van der Waals surface area contributed by atoms with E-state index < -0.39 is 0 Å². The summed E-state index contributed by atoms with van der Waals surface area (Å²) in [5.74, 6) is -0.294. The standard InChI is InChI=1S/C19H28O2/c1-6-21-18(20)11-7-9-15(2)12-13-17-16(3)10-8-14-19(17,4)5/h7,9,11-13H,6,8,10,14H2,1-5H3/b11-7+,13-12+,15-9-. The number of rotatable bonds is 5. The molecule has 0 heterocycles. The van der Waals surface area contributed by atoms with Crippen molar-refractivity contribution in [1.29, 1.82) is 0 Å². The van der Waals surface area contributed by atoms with Crippen molar-refractivity contribution in [1.82, 2.24) is 0 Å². The van der Waals surface area contributed by atoms with E-state index in [4.69, 9.17) is 4.74 Å². The molecule has 0 aromatic rings. The van der Waals surface area contributed by atoms with Gasteiger partial charge < -0.3 is 4.74 Å². The Morgan fingerprint density at radius 2 is 2.05 bits per heavy atom. The Balaban J connectivity index is 2.73. The van der Waals surface area contributed by atoms with Gasteiger partial charge in [-0.1, -0.05) is 49.3 Å². The third-order valence-electron chi connectivity index (χ3n) is 3.93. The van der Waals surface area contributed by atoms with Gasteiger partial charge in [0.1, 0.15) is 0 Å². The van der Waals surface area contributed by atoms with E-state index in [0.29, 0.717) is 6.61 Å². The number of ether oxygens (including phenoxy) is 1. The highest BCUT2D eigenvalue weighted by molar-refractivity contribution is 5.82. The van der Waals surface area contributed by atoms with Gasteiger partial charge in [-0.05, 0) is 51.0 Å². The maximum absolute atomic E-state index is 11.2. The lowest BCUT2D eigenvalue weighted by atomic mass is 9.72. The topological polar surface area (TPSA) is 26.3 Å². The number of allylic oxidation sites excluding steroid dienone is 7. The number of hydrogen-bond acceptors (Lipinski definition) is 2. The molecule has 21 heavy (non-hydrogen) atoms. The second-order valence-electron chi connectivity index (χ2n) is 6.29. The van der Waals surface area contributed by atoms with Crippen LogP contribution in [0.3, 0.4) is 0 Å². The molecule has 0 bridgehead atoms. The fourth-order valence-corrected chi connectivity index (χ4v) is 2.75. The van der Waals surface area contributed by atoms with E-state index >= 15 is 0 Å². The zero-order valence-electron chi connectivity index (χ0n) is 14.0.